The summed E-state index contributed by atoms with van der Waals surface area (Å²) in [5, 5.41) is 11.0. The van der Waals surface area contributed by atoms with Crippen molar-refractivity contribution in [2.45, 2.75) is 84.2 Å². The molecule has 2 nitrogen and oxygen atoms in total. The zero-order valence-electron chi connectivity index (χ0n) is 17.5. The molecule has 2 heteroatoms. The van der Waals surface area contributed by atoms with E-state index < -0.39 is 5.60 Å². The van der Waals surface area contributed by atoms with Crippen molar-refractivity contribution in [3.8, 4) is 0 Å². The van der Waals surface area contributed by atoms with Gasteiger partial charge in [0.05, 0.1) is 12.2 Å². The van der Waals surface area contributed by atoms with Crippen LogP contribution in [-0.4, -0.2) is 24.4 Å². The zero-order valence-corrected chi connectivity index (χ0v) is 17.5. The number of ether oxygens (including phenoxy) is 1. The van der Waals surface area contributed by atoms with Crippen LogP contribution in [0.15, 0.2) is 12.2 Å². The van der Waals surface area contributed by atoms with Gasteiger partial charge in [0.15, 0.2) is 0 Å². The predicted octanol–water partition coefficient (Wildman–Crippen LogP) is 5.60. The van der Waals surface area contributed by atoms with Gasteiger partial charge in [-0.25, -0.2) is 0 Å². The molecule has 4 aliphatic carbocycles. The molecule has 0 bridgehead atoms. The predicted molar refractivity (Wildman–Crippen MR) is 107 cm³/mol. The molecule has 0 aromatic carbocycles. The van der Waals surface area contributed by atoms with E-state index in [1.165, 1.54) is 50.5 Å². The summed E-state index contributed by atoms with van der Waals surface area (Å²) < 4.78 is 5.36. The Labute approximate surface area is 160 Å². The summed E-state index contributed by atoms with van der Waals surface area (Å²) in [4.78, 5) is 0. The highest BCUT2D eigenvalue weighted by Crippen LogP contribution is 2.67. The van der Waals surface area contributed by atoms with Crippen molar-refractivity contribution in [1.29, 1.82) is 0 Å². The van der Waals surface area contributed by atoms with Gasteiger partial charge in [-0.3, -0.25) is 0 Å². The number of fused-ring (bicyclic) bond motifs is 5. The second-order valence-electron chi connectivity index (χ2n) is 11.1. The highest BCUT2D eigenvalue weighted by molar-refractivity contribution is 5.15. The molecular weight excluding hydrogens is 320 g/mol. The van der Waals surface area contributed by atoms with Crippen LogP contribution < -0.4 is 0 Å². The first-order chi connectivity index (χ1) is 12.2. The summed E-state index contributed by atoms with van der Waals surface area (Å²) in [7, 11) is 1.73. The lowest BCUT2D eigenvalue weighted by Gasteiger charge is -2.61. The average Bonchev–Trinajstić information content (AvgIpc) is 2.91. The fraction of sp³-hybridized carbons (Fsp3) is 0.917. The van der Waals surface area contributed by atoms with Gasteiger partial charge >= 0.3 is 0 Å². The van der Waals surface area contributed by atoms with Crippen LogP contribution in [0.4, 0.5) is 0 Å². The number of hydrogen-bond donors (Lipinski definition) is 1. The van der Waals surface area contributed by atoms with Gasteiger partial charge in [0.25, 0.3) is 0 Å². The number of allylic oxidation sites excluding steroid dienone is 1. The van der Waals surface area contributed by atoms with E-state index in [0.29, 0.717) is 17.4 Å². The molecule has 0 radical (unpaired) electrons. The van der Waals surface area contributed by atoms with E-state index in [1.54, 1.807) is 7.11 Å². The van der Waals surface area contributed by atoms with Gasteiger partial charge in [-0.05, 0) is 105 Å². The van der Waals surface area contributed by atoms with Gasteiger partial charge in [-0.2, -0.15) is 0 Å². The first-order valence-electron chi connectivity index (χ1n) is 11.1. The van der Waals surface area contributed by atoms with E-state index in [0.717, 1.165) is 42.4 Å². The van der Waals surface area contributed by atoms with Crippen LogP contribution in [0.5, 0.6) is 0 Å². The normalized spacial score (nSPS) is 53.5. The Bertz CT molecular complexity index is 571. The standard InChI is InChI=1S/C24H40O2/c1-16(2)19-6-7-21-18-8-11-22(3)14-24(25,15-26-5)13-10-20(22)17(18)9-12-23(19,21)4/h17-21,25H,1,6-15H2,2-5H3/t17?,18?,19?,20?,21?,22?,23?,24-/m1/s1. The summed E-state index contributed by atoms with van der Waals surface area (Å²) in [6.07, 6.45) is 11.3. The summed E-state index contributed by atoms with van der Waals surface area (Å²) in [6.45, 7) is 12.2. The third kappa shape index (κ3) is 2.73. The fourth-order valence-electron chi connectivity index (χ4n) is 8.68. The van der Waals surface area contributed by atoms with Crippen molar-refractivity contribution >= 4 is 0 Å². The SMILES string of the molecule is C=C(C)C1CCC2C3CCC4(C)C[C@@](O)(COC)CCC4C3CCC12C. The smallest absolute Gasteiger partial charge is 0.0885 e. The molecule has 148 valence electrons. The summed E-state index contributed by atoms with van der Waals surface area (Å²) in [5.74, 6) is 4.28. The zero-order chi connectivity index (χ0) is 18.7. The third-order valence-corrected chi connectivity index (χ3v) is 9.61. The lowest BCUT2D eigenvalue weighted by atomic mass is 9.45. The summed E-state index contributed by atoms with van der Waals surface area (Å²) >= 11 is 0. The molecule has 0 aliphatic heterocycles. The second kappa shape index (κ2) is 6.34. The van der Waals surface area contributed by atoms with Crippen LogP contribution >= 0.6 is 0 Å². The van der Waals surface area contributed by atoms with Crippen LogP contribution in [0, 0.1) is 40.4 Å². The van der Waals surface area contributed by atoms with Crippen LogP contribution in [0.3, 0.4) is 0 Å². The van der Waals surface area contributed by atoms with Crippen molar-refractivity contribution in [2.75, 3.05) is 13.7 Å². The van der Waals surface area contributed by atoms with E-state index in [9.17, 15) is 5.11 Å². The molecule has 0 spiro atoms. The van der Waals surface area contributed by atoms with E-state index in [-0.39, 0.29) is 0 Å². The molecule has 0 aromatic heterocycles. The lowest BCUT2D eigenvalue weighted by Crippen LogP contribution is -2.55. The fourth-order valence-corrected chi connectivity index (χ4v) is 8.68. The Morgan fingerprint density at radius 2 is 1.69 bits per heavy atom. The Hall–Kier alpha value is -0.340. The van der Waals surface area contributed by atoms with E-state index in [4.69, 9.17) is 4.74 Å². The Balaban J connectivity index is 1.56. The van der Waals surface area contributed by atoms with Crippen molar-refractivity contribution in [3.63, 3.8) is 0 Å². The largest absolute Gasteiger partial charge is 0.387 e. The topological polar surface area (TPSA) is 29.5 Å². The molecule has 0 amide bonds. The highest BCUT2D eigenvalue weighted by atomic mass is 16.5. The second-order valence-corrected chi connectivity index (χ2v) is 11.1. The maximum Gasteiger partial charge on any atom is 0.0885 e. The number of aliphatic hydroxyl groups is 1. The minimum atomic E-state index is -0.589. The Morgan fingerprint density at radius 1 is 1.00 bits per heavy atom. The van der Waals surface area contributed by atoms with Gasteiger partial charge < -0.3 is 9.84 Å². The minimum absolute atomic E-state index is 0.312. The minimum Gasteiger partial charge on any atom is -0.387 e. The third-order valence-electron chi connectivity index (χ3n) is 9.61. The number of methoxy groups -OCH3 is 1. The molecule has 4 saturated carbocycles. The van der Waals surface area contributed by atoms with E-state index in [1.807, 2.05) is 0 Å². The van der Waals surface area contributed by atoms with Crippen LogP contribution in [0.2, 0.25) is 0 Å². The molecule has 4 fully saturated rings. The molecule has 0 aromatic rings. The monoisotopic (exact) mass is 360 g/mol. The van der Waals surface area contributed by atoms with Crippen LogP contribution in [0.1, 0.15) is 78.6 Å². The van der Waals surface area contributed by atoms with Crippen molar-refractivity contribution in [2.24, 2.45) is 40.4 Å². The van der Waals surface area contributed by atoms with Gasteiger partial charge in [0, 0.05) is 7.11 Å². The van der Waals surface area contributed by atoms with Gasteiger partial charge in [0.1, 0.15) is 0 Å². The van der Waals surface area contributed by atoms with Gasteiger partial charge in [-0.15, -0.1) is 0 Å². The van der Waals surface area contributed by atoms with Crippen LogP contribution in [0.25, 0.3) is 0 Å². The van der Waals surface area contributed by atoms with Gasteiger partial charge in [-0.1, -0.05) is 26.0 Å². The molecule has 1 N–H and O–H groups in total. The maximum absolute atomic E-state index is 11.0. The highest BCUT2D eigenvalue weighted by Gasteiger charge is 2.60. The van der Waals surface area contributed by atoms with Crippen molar-refractivity contribution in [1.82, 2.24) is 0 Å². The summed E-state index contributed by atoms with van der Waals surface area (Å²) in [6, 6.07) is 0. The molecule has 4 rings (SSSR count). The van der Waals surface area contributed by atoms with Crippen LogP contribution in [-0.2, 0) is 4.74 Å². The molecular formula is C24H40O2. The molecule has 0 heterocycles. The Kier molecular flexibility index (Phi) is 4.63. The molecule has 4 aliphatic rings. The van der Waals surface area contributed by atoms with Crippen molar-refractivity contribution < 1.29 is 9.84 Å². The van der Waals surface area contributed by atoms with E-state index in [2.05, 4.69) is 27.4 Å². The first-order valence-corrected chi connectivity index (χ1v) is 11.1. The Morgan fingerprint density at radius 3 is 2.38 bits per heavy atom. The maximum atomic E-state index is 11.0. The number of rotatable bonds is 3. The molecule has 7 unspecified atom stereocenters. The molecule has 8 atom stereocenters. The van der Waals surface area contributed by atoms with E-state index >= 15 is 0 Å². The van der Waals surface area contributed by atoms with Crippen molar-refractivity contribution in [3.05, 3.63) is 12.2 Å². The first kappa shape index (κ1) is 19.0. The van der Waals surface area contributed by atoms with Gasteiger partial charge in [0.2, 0.25) is 0 Å². The quantitative estimate of drug-likeness (QED) is 0.664. The number of hydrogen-bond acceptors (Lipinski definition) is 2. The molecule has 26 heavy (non-hydrogen) atoms. The lowest BCUT2D eigenvalue weighted by molar-refractivity contribution is -0.157. The summed E-state index contributed by atoms with van der Waals surface area (Å²) in [5.41, 5.74) is 1.66. The molecule has 0 saturated heterocycles. The average molecular weight is 361 g/mol.